The minimum atomic E-state index is -1.19. The molecule has 1 aromatic rings. The number of aromatic carboxylic acids is 1. The van der Waals surface area contributed by atoms with Gasteiger partial charge in [-0.25, -0.2) is 4.79 Å². The Morgan fingerprint density at radius 2 is 2.10 bits per heavy atom. The molecule has 2 atom stereocenters. The third-order valence-electron chi connectivity index (χ3n) is 3.53. The van der Waals surface area contributed by atoms with Crippen LogP contribution in [-0.4, -0.2) is 29.6 Å². The van der Waals surface area contributed by atoms with E-state index in [1.807, 2.05) is 6.92 Å². The number of carboxylic acid groups (broad SMARTS) is 1. The smallest absolute Gasteiger partial charge is 0.337 e. The van der Waals surface area contributed by atoms with Crippen LogP contribution in [0.5, 0.6) is 0 Å². The van der Waals surface area contributed by atoms with Crippen LogP contribution in [0.1, 0.15) is 30.1 Å². The lowest BCUT2D eigenvalue weighted by Gasteiger charge is -2.27. The first-order valence-corrected chi connectivity index (χ1v) is 7.40. The highest BCUT2D eigenvalue weighted by molar-refractivity contribution is 6.37. The summed E-state index contributed by atoms with van der Waals surface area (Å²) in [7, 11) is 0. The molecule has 0 bridgehead atoms. The number of piperidine rings is 1. The molecule has 1 aliphatic heterocycles. The van der Waals surface area contributed by atoms with E-state index in [2.05, 4.69) is 10.6 Å². The minimum absolute atomic E-state index is 0.102. The summed E-state index contributed by atoms with van der Waals surface area (Å²) in [6.45, 7) is 2.77. The van der Waals surface area contributed by atoms with Gasteiger partial charge >= 0.3 is 5.97 Å². The van der Waals surface area contributed by atoms with E-state index in [0.29, 0.717) is 12.8 Å². The van der Waals surface area contributed by atoms with Crippen molar-refractivity contribution >= 4 is 40.8 Å². The molecule has 0 saturated carbocycles. The minimum Gasteiger partial charge on any atom is -0.478 e. The van der Waals surface area contributed by atoms with Crippen molar-refractivity contribution < 1.29 is 14.7 Å². The van der Waals surface area contributed by atoms with E-state index in [4.69, 9.17) is 23.2 Å². The van der Waals surface area contributed by atoms with Gasteiger partial charge in [0, 0.05) is 17.0 Å². The van der Waals surface area contributed by atoms with Crippen molar-refractivity contribution in [2.24, 2.45) is 5.92 Å². The van der Waals surface area contributed by atoms with Gasteiger partial charge in [-0.1, -0.05) is 23.2 Å². The van der Waals surface area contributed by atoms with Crippen LogP contribution in [-0.2, 0) is 4.79 Å². The zero-order valence-electron chi connectivity index (χ0n) is 11.5. The van der Waals surface area contributed by atoms with Gasteiger partial charge in [-0.2, -0.15) is 0 Å². The number of hydrogen-bond acceptors (Lipinski definition) is 3. The maximum absolute atomic E-state index is 12.3. The molecule has 1 saturated heterocycles. The molecule has 5 nitrogen and oxygen atoms in total. The number of amides is 1. The molecule has 1 heterocycles. The molecule has 0 radical (unpaired) electrons. The molecule has 7 heteroatoms. The number of carbonyl (C=O) groups excluding carboxylic acids is 1. The number of rotatable bonds is 3. The van der Waals surface area contributed by atoms with Gasteiger partial charge in [-0.05, 0) is 38.4 Å². The number of benzene rings is 1. The van der Waals surface area contributed by atoms with Crippen molar-refractivity contribution in [3.8, 4) is 0 Å². The predicted molar refractivity (Wildman–Crippen MR) is 82.2 cm³/mol. The van der Waals surface area contributed by atoms with E-state index in [-0.39, 0.29) is 39.2 Å². The Labute approximate surface area is 132 Å². The SMILES string of the molecule is CC1CC(C(=O)Nc2c(Cl)cc(Cl)cc2C(=O)O)CCN1. The molecule has 3 N–H and O–H groups in total. The van der Waals surface area contributed by atoms with Crippen LogP contribution in [0.25, 0.3) is 0 Å². The second-order valence-electron chi connectivity index (χ2n) is 5.18. The quantitative estimate of drug-likeness (QED) is 0.796. The van der Waals surface area contributed by atoms with Crippen molar-refractivity contribution in [1.82, 2.24) is 5.32 Å². The molecular formula is C14H16Cl2N2O3. The van der Waals surface area contributed by atoms with Crippen LogP contribution in [0, 0.1) is 5.92 Å². The Hall–Kier alpha value is -1.30. The summed E-state index contributed by atoms with van der Waals surface area (Å²) in [6.07, 6.45) is 1.42. The molecule has 1 amide bonds. The molecule has 1 aromatic carbocycles. The van der Waals surface area contributed by atoms with E-state index < -0.39 is 5.97 Å². The Kier molecular flexibility index (Phi) is 5.08. The monoisotopic (exact) mass is 330 g/mol. The van der Waals surface area contributed by atoms with Crippen molar-refractivity contribution in [1.29, 1.82) is 0 Å². The first-order chi connectivity index (χ1) is 9.88. The van der Waals surface area contributed by atoms with E-state index in [1.54, 1.807) is 0 Å². The van der Waals surface area contributed by atoms with Crippen LogP contribution in [0.15, 0.2) is 12.1 Å². The Bertz CT molecular complexity index is 578. The summed E-state index contributed by atoms with van der Waals surface area (Å²) < 4.78 is 0. The second-order valence-corrected chi connectivity index (χ2v) is 6.02. The summed E-state index contributed by atoms with van der Waals surface area (Å²) >= 11 is 11.8. The van der Waals surface area contributed by atoms with Crippen molar-refractivity contribution in [3.63, 3.8) is 0 Å². The first kappa shape index (κ1) is 16.1. The highest BCUT2D eigenvalue weighted by atomic mass is 35.5. The van der Waals surface area contributed by atoms with Crippen LogP contribution in [0.3, 0.4) is 0 Å². The lowest BCUT2D eigenvalue weighted by atomic mass is 9.92. The van der Waals surface area contributed by atoms with Crippen molar-refractivity contribution in [2.45, 2.75) is 25.8 Å². The molecule has 0 spiro atoms. The molecule has 114 valence electrons. The molecule has 0 aromatic heterocycles. The standard InChI is InChI=1S/C14H16Cl2N2O3/c1-7-4-8(2-3-17-7)13(19)18-12-10(14(20)21)5-9(15)6-11(12)16/h5-8,17H,2-4H2,1H3,(H,18,19)(H,20,21). The molecule has 2 rings (SSSR count). The number of anilines is 1. The van der Waals surface area contributed by atoms with E-state index >= 15 is 0 Å². The number of carboxylic acids is 1. The fraction of sp³-hybridized carbons (Fsp3) is 0.429. The maximum atomic E-state index is 12.3. The molecule has 21 heavy (non-hydrogen) atoms. The van der Waals surface area contributed by atoms with E-state index in [9.17, 15) is 14.7 Å². The number of halogens is 2. The van der Waals surface area contributed by atoms with Crippen LogP contribution in [0.4, 0.5) is 5.69 Å². The van der Waals surface area contributed by atoms with Gasteiger partial charge in [0.25, 0.3) is 0 Å². The highest BCUT2D eigenvalue weighted by Gasteiger charge is 2.26. The zero-order valence-corrected chi connectivity index (χ0v) is 13.0. The van der Waals surface area contributed by atoms with Crippen LogP contribution >= 0.6 is 23.2 Å². The third kappa shape index (κ3) is 3.87. The Morgan fingerprint density at radius 1 is 1.38 bits per heavy atom. The van der Waals surface area contributed by atoms with Gasteiger partial charge < -0.3 is 15.7 Å². The summed E-state index contributed by atoms with van der Waals surface area (Å²) in [6, 6.07) is 2.95. The Balaban J connectivity index is 2.22. The number of carbonyl (C=O) groups is 2. The summed E-state index contributed by atoms with van der Waals surface area (Å²) in [5.74, 6) is -1.56. The first-order valence-electron chi connectivity index (χ1n) is 6.65. The molecule has 2 unspecified atom stereocenters. The normalized spacial score (nSPS) is 21.9. The molecule has 0 aliphatic carbocycles. The third-order valence-corrected chi connectivity index (χ3v) is 4.04. The van der Waals surface area contributed by atoms with Crippen LogP contribution < -0.4 is 10.6 Å². The molecular weight excluding hydrogens is 315 g/mol. The average Bonchev–Trinajstić information content (AvgIpc) is 2.41. The van der Waals surface area contributed by atoms with Crippen molar-refractivity contribution in [2.75, 3.05) is 11.9 Å². The summed E-state index contributed by atoms with van der Waals surface area (Å²) in [5, 5.41) is 15.4. The molecule has 1 aliphatic rings. The second kappa shape index (κ2) is 6.64. The lowest BCUT2D eigenvalue weighted by molar-refractivity contribution is -0.120. The van der Waals surface area contributed by atoms with Gasteiger partial charge in [0.15, 0.2) is 0 Å². The fourth-order valence-electron chi connectivity index (χ4n) is 2.46. The van der Waals surface area contributed by atoms with E-state index in [1.165, 1.54) is 12.1 Å². The summed E-state index contributed by atoms with van der Waals surface area (Å²) in [4.78, 5) is 23.6. The van der Waals surface area contributed by atoms with Crippen LogP contribution in [0.2, 0.25) is 10.0 Å². The van der Waals surface area contributed by atoms with Crippen molar-refractivity contribution in [3.05, 3.63) is 27.7 Å². The fourth-order valence-corrected chi connectivity index (χ4v) is 3.01. The van der Waals surface area contributed by atoms with Gasteiger partial charge in [0.1, 0.15) is 0 Å². The molecule has 1 fully saturated rings. The largest absolute Gasteiger partial charge is 0.478 e. The summed E-state index contributed by atoms with van der Waals surface area (Å²) in [5.41, 5.74) is -0.00687. The topological polar surface area (TPSA) is 78.4 Å². The van der Waals surface area contributed by atoms with Gasteiger partial charge in [0.05, 0.1) is 16.3 Å². The average molecular weight is 331 g/mol. The Morgan fingerprint density at radius 3 is 2.71 bits per heavy atom. The number of hydrogen-bond donors (Lipinski definition) is 3. The van der Waals surface area contributed by atoms with E-state index in [0.717, 1.165) is 6.54 Å². The van der Waals surface area contributed by atoms with Gasteiger partial charge in [0.2, 0.25) is 5.91 Å². The predicted octanol–water partition coefficient (Wildman–Crippen LogP) is 3.02. The number of nitrogens with one attached hydrogen (secondary N) is 2. The lowest BCUT2D eigenvalue weighted by Crippen LogP contribution is -2.40. The van der Waals surface area contributed by atoms with Gasteiger partial charge in [-0.15, -0.1) is 0 Å². The zero-order chi connectivity index (χ0) is 15.6. The van der Waals surface area contributed by atoms with Gasteiger partial charge in [-0.3, -0.25) is 4.79 Å². The maximum Gasteiger partial charge on any atom is 0.337 e. The highest BCUT2D eigenvalue weighted by Crippen LogP contribution is 2.31.